The van der Waals surface area contributed by atoms with Crippen molar-refractivity contribution in [3.8, 4) is 34.6 Å². The summed E-state index contributed by atoms with van der Waals surface area (Å²) in [6.07, 6.45) is 0. The molecule has 170 valence electrons. The lowest BCUT2D eigenvalue weighted by Gasteiger charge is -2.12. The van der Waals surface area contributed by atoms with Crippen LogP contribution in [-0.2, 0) is 13.1 Å². The molecule has 34 heavy (non-hydrogen) atoms. The Balaban J connectivity index is 1.46. The van der Waals surface area contributed by atoms with E-state index in [-0.39, 0.29) is 5.82 Å². The average molecular weight is 454 g/mol. The van der Waals surface area contributed by atoms with Gasteiger partial charge in [-0.25, -0.2) is 9.37 Å². The second-order valence-corrected chi connectivity index (χ2v) is 7.86. The van der Waals surface area contributed by atoms with Crippen LogP contribution in [0.2, 0.25) is 0 Å². The van der Waals surface area contributed by atoms with Gasteiger partial charge in [0.2, 0.25) is 0 Å². The van der Waals surface area contributed by atoms with Crippen LogP contribution in [-0.4, -0.2) is 12.1 Å². The van der Waals surface area contributed by atoms with Gasteiger partial charge >= 0.3 is 0 Å². The van der Waals surface area contributed by atoms with Gasteiger partial charge in [-0.05, 0) is 84.8 Å². The predicted molar refractivity (Wildman–Crippen MR) is 129 cm³/mol. The summed E-state index contributed by atoms with van der Waals surface area (Å²) in [5.74, 6) is 1.72. The number of nitrogens with one attached hydrogen (secondary N) is 1. The van der Waals surface area contributed by atoms with Gasteiger partial charge in [-0.1, -0.05) is 12.1 Å². The Morgan fingerprint density at radius 2 is 1.62 bits per heavy atom. The molecule has 0 fully saturated rings. The molecular weight excluding hydrogens is 429 g/mol. The zero-order chi connectivity index (χ0) is 23.9. The number of methoxy groups -OCH3 is 1. The quantitative estimate of drug-likeness (QED) is 0.346. The number of aromatic nitrogens is 1. The van der Waals surface area contributed by atoms with Crippen LogP contribution in [0.4, 0.5) is 4.39 Å². The molecule has 0 amide bonds. The maximum Gasteiger partial charge on any atom is 0.141 e. The second kappa shape index (κ2) is 10.6. The lowest BCUT2D eigenvalue weighted by molar-refractivity contribution is 0.407. The molecule has 3 aromatic carbocycles. The van der Waals surface area contributed by atoms with Crippen molar-refractivity contribution in [3.63, 3.8) is 0 Å². The lowest BCUT2D eigenvalue weighted by atomic mass is 10.1. The molecule has 0 unspecified atom stereocenters. The summed E-state index contributed by atoms with van der Waals surface area (Å²) in [5, 5.41) is 12.9. The molecule has 0 aliphatic carbocycles. The van der Waals surface area contributed by atoms with Crippen molar-refractivity contribution in [1.82, 2.24) is 10.3 Å². The number of pyridine rings is 1. The van der Waals surface area contributed by atoms with E-state index in [9.17, 15) is 9.65 Å². The summed E-state index contributed by atoms with van der Waals surface area (Å²) >= 11 is 0. The molecule has 0 saturated heterocycles. The molecule has 1 N–H and O–H groups in total. The van der Waals surface area contributed by atoms with Gasteiger partial charge in [0, 0.05) is 24.2 Å². The van der Waals surface area contributed by atoms with E-state index in [1.165, 1.54) is 12.1 Å². The summed E-state index contributed by atoms with van der Waals surface area (Å²) in [4.78, 5) is 4.46. The topological polar surface area (TPSA) is 67.2 Å². The van der Waals surface area contributed by atoms with Gasteiger partial charge < -0.3 is 14.8 Å². The highest BCUT2D eigenvalue weighted by Crippen LogP contribution is 2.26. The van der Waals surface area contributed by atoms with Crippen LogP contribution in [0.1, 0.15) is 22.4 Å². The largest absolute Gasteiger partial charge is 0.496 e. The average Bonchev–Trinajstić information content (AvgIpc) is 2.86. The first-order chi connectivity index (χ1) is 16.5. The maximum atomic E-state index is 13.1. The van der Waals surface area contributed by atoms with Gasteiger partial charge in [0.05, 0.1) is 12.8 Å². The molecule has 1 aromatic heterocycles. The Morgan fingerprint density at radius 3 is 2.29 bits per heavy atom. The molecule has 6 heteroatoms. The normalized spacial score (nSPS) is 10.5. The third-order valence-electron chi connectivity index (χ3n) is 5.29. The van der Waals surface area contributed by atoms with Crippen LogP contribution in [0.15, 0.2) is 78.9 Å². The van der Waals surface area contributed by atoms with E-state index >= 15 is 0 Å². The van der Waals surface area contributed by atoms with Crippen molar-refractivity contribution in [2.24, 2.45) is 0 Å². The number of nitrogens with zero attached hydrogens (tertiary/aromatic N) is 2. The molecule has 0 aliphatic rings. The molecule has 0 bridgehead atoms. The van der Waals surface area contributed by atoms with Crippen LogP contribution in [0.25, 0.3) is 11.3 Å². The molecular formula is C28H24FN3O2. The van der Waals surface area contributed by atoms with Crippen LogP contribution in [0, 0.1) is 24.1 Å². The zero-order valence-electron chi connectivity index (χ0n) is 19.0. The third kappa shape index (κ3) is 5.77. The smallest absolute Gasteiger partial charge is 0.141 e. The Morgan fingerprint density at radius 1 is 0.912 bits per heavy atom. The zero-order valence-corrected chi connectivity index (χ0v) is 19.0. The lowest BCUT2D eigenvalue weighted by Crippen LogP contribution is -2.14. The highest BCUT2D eigenvalue weighted by molar-refractivity contribution is 5.62. The first-order valence-electron chi connectivity index (χ1n) is 10.8. The third-order valence-corrected chi connectivity index (χ3v) is 5.29. The molecule has 5 nitrogen and oxygen atoms in total. The molecule has 0 radical (unpaired) electrons. The van der Waals surface area contributed by atoms with Crippen molar-refractivity contribution in [2.75, 3.05) is 7.11 Å². The number of ether oxygens (including phenoxy) is 2. The molecule has 0 saturated carbocycles. The number of hydrogen-bond donors (Lipinski definition) is 1. The van der Waals surface area contributed by atoms with E-state index in [2.05, 4.69) is 28.5 Å². The minimum atomic E-state index is -0.311. The minimum Gasteiger partial charge on any atom is -0.496 e. The Kier molecular flexibility index (Phi) is 7.16. The van der Waals surface area contributed by atoms with Crippen molar-refractivity contribution in [3.05, 3.63) is 107 Å². The number of nitriles is 1. The van der Waals surface area contributed by atoms with E-state index in [4.69, 9.17) is 9.47 Å². The van der Waals surface area contributed by atoms with Crippen LogP contribution in [0.3, 0.4) is 0 Å². The summed E-state index contributed by atoms with van der Waals surface area (Å²) < 4.78 is 24.3. The fraction of sp³-hybridized carbons (Fsp3) is 0.143. The highest BCUT2D eigenvalue weighted by Gasteiger charge is 2.08. The Labute approximate surface area is 198 Å². The van der Waals surface area contributed by atoms with Crippen LogP contribution in [0.5, 0.6) is 17.2 Å². The van der Waals surface area contributed by atoms with E-state index in [0.29, 0.717) is 36.0 Å². The minimum absolute atomic E-state index is 0.311. The number of benzene rings is 3. The number of aryl methyl sites for hydroxylation is 1. The second-order valence-electron chi connectivity index (χ2n) is 7.86. The van der Waals surface area contributed by atoms with Crippen molar-refractivity contribution >= 4 is 0 Å². The SMILES string of the molecule is COc1cc(C)ccc1CNCc1cc(C#N)nc(-c2ccc(Oc3ccc(F)cc3)cc2)c1. The first kappa shape index (κ1) is 23.0. The van der Waals surface area contributed by atoms with E-state index in [1.807, 2.05) is 43.3 Å². The fourth-order valence-corrected chi connectivity index (χ4v) is 3.57. The molecule has 4 aromatic rings. The van der Waals surface area contributed by atoms with Gasteiger partial charge in [0.15, 0.2) is 0 Å². The highest BCUT2D eigenvalue weighted by atomic mass is 19.1. The predicted octanol–water partition coefficient (Wildman–Crippen LogP) is 6.16. The standard InChI is InChI=1S/C28H24FN3O2/c1-19-3-4-22(28(13-19)33-2)18-31-17-20-14-24(16-30)32-27(15-20)21-5-9-25(10-6-21)34-26-11-7-23(29)8-12-26/h3-15,31H,17-18H2,1-2H3. The van der Waals surface area contributed by atoms with Crippen LogP contribution < -0.4 is 14.8 Å². The van der Waals surface area contributed by atoms with Gasteiger partial charge in [-0.2, -0.15) is 5.26 Å². The molecule has 4 rings (SSSR count). The van der Waals surface area contributed by atoms with E-state index in [1.54, 1.807) is 25.3 Å². The fourth-order valence-electron chi connectivity index (χ4n) is 3.57. The van der Waals surface area contributed by atoms with Gasteiger partial charge in [0.25, 0.3) is 0 Å². The van der Waals surface area contributed by atoms with Gasteiger partial charge in [-0.15, -0.1) is 0 Å². The molecule has 0 aliphatic heterocycles. The van der Waals surface area contributed by atoms with Gasteiger partial charge in [0.1, 0.15) is 34.8 Å². The summed E-state index contributed by atoms with van der Waals surface area (Å²) in [7, 11) is 1.67. The van der Waals surface area contributed by atoms with E-state index < -0.39 is 0 Å². The molecule has 1 heterocycles. The van der Waals surface area contributed by atoms with Crippen molar-refractivity contribution in [1.29, 1.82) is 5.26 Å². The first-order valence-corrected chi connectivity index (χ1v) is 10.8. The Hall–Kier alpha value is -4.21. The monoisotopic (exact) mass is 453 g/mol. The molecule has 0 atom stereocenters. The number of halogens is 1. The van der Waals surface area contributed by atoms with Crippen molar-refractivity contribution in [2.45, 2.75) is 20.0 Å². The number of hydrogen-bond acceptors (Lipinski definition) is 5. The van der Waals surface area contributed by atoms with Crippen molar-refractivity contribution < 1.29 is 13.9 Å². The van der Waals surface area contributed by atoms with Gasteiger partial charge in [-0.3, -0.25) is 0 Å². The summed E-state index contributed by atoms with van der Waals surface area (Å²) in [6, 6.07) is 25.3. The summed E-state index contributed by atoms with van der Waals surface area (Å²) in [5.41, 5.74) is 5.10. The maximum absolute atomic E-state index is 13.1. The number of rotatable bonds is 8. The Bertz CT molecular complexity index is 1310. The van der Waals surface area contributed by atoms with E-state index in [0.717, 1.165) is 28.0 Å². The molecule has 0 spiro atoms. The van der Waals surface area contributed by atoms with Crippen LogP contribution >= 0.6 is 0 Å². The summed E-state index contributed by atoms with van der Waals surface area (Å²) in [6.45, 7) is 3.24.